The van der Waals surface area contributed by atoms with Gasteiger partial charge in [-0.15, -0.1) is 0 Å². The van der Waals surface area contributed by atoms with Crippen LogP contribution < -0.4 is 16.0 Å². The molecule has 0 saturated carbocycles. The van der Waals surface area contributed by atoms with E-state index in [1.54, 1.807) is 42.5 Å². The number of carbonyl (C=O) groups excluding carboxylic acids is 2. The standard InChI is InChI=1S/C19H19N5O2/c1-11-12(2)22-17-9-13(7-8-16(17)21-11)18(25)23-14-5-4-6-15(10-14)24-19(26)20-3/h4-10H,1-3H3,(H,23,25)(H2,20,24,26). The zero-order valence-electron chi connectivity index (χ0n) is 14.8. The van der Waals surface area contributed by atoms with Crippen molar-refractivity contribution in [3.63, 3.8) is 0 Å². The second kappa shape index (κ2) is 7.18. The zero-order chi connectivity index (χ0) is 18.7. The van der Waals surface area contributed by atoms with Gasteiger partial charge in [0.15, 0.2) is 0 Å². The number of carbonyl (C=O) groups is 2. The number of nitrogens with one attached hydrogen (secondary N) is 3. The van der Waals surface area contributed by atoms with Crippen molar-refractivity contribution in [3.05, 3.63) is 59.4 Å². The van der Waals surface area contributed by atoms with Crippen molar-refractivity contribution >= 4 is 34.3 Å². The molecule has 132 valence electrons. The molecule has 3 aromatic rings. The van der Waals surface area contributed by atoms with E-state index in [-0.39, 0.29) is 11.9 Å². The van der Waals surface area contributed by atoms with Crippen LogP contribution in [0.2, 0.25) is 0 Å². The molecule has 1 heterocycles. The van der Waals surface area contributed by atoms with Crippen molar-refractivity contribution in [1.82, 2.24) is 15.3 Å². The number of benzene rings is 2. The smallest absolute Gasteiger partial charge is 0.318 e. The predicted octanol–water partition coefficient (Wildman–Crippen LogP) is 3.25. The van der Waals surface area contributed by atoms with Crippen LogP contribution in [0.3, 0.4) is 0 Å². The monoisotopic (exact) mass is 349 g/mol. The summed E-state index contributed by atoms with van der Waals surface area (Å²) >= 11 is 0. The van der Waals surface area contributed by atoms with Gasteiger partial charge in [0.25, 0.3) is 5.91 Å². The van der Waals surface area contributed by atoms with E-state index in [1.165, 1.54) is 7.05 Å². The minimum Gasteiger partial charge on any atom is -0.341 e. The van der Waals surface area contributed by atoms with Crippen LogP contribution in [-0.4, -0.2) is 29.0 Å². The molecule has 26 heavy (non-hydrogen) atoms. The van der Waals surface area contributed by atoms with Gasteiger partial charge in [-0.05, 0) is 50.2 Å². The number of aryl methyl sites for hydroxylation is 2. The fourth-order valence-electron chi connectivity index (χ4n) is 2.44. The fraction of sp³-hybridized carbons (Fsp3) is 0.158. The summed E-state index contributed by atoms with van der Waals surface area (Å²) in [7, 11) is 1.53. The first-order chi connectivity index (χ1) is 12.5. The summed E-state index contributed by atoms with van der Waals surface area (Å²) in [5, 5.41) is 7.96. The summed E-state index contributed by atoms with van der Waals surface area (Å²) in [6.45, 7) is 3.79. The Bertz CT molecular complexity index is 1000. The molecule has 0 aliphatic rings. The Kier molecular flexibility index (Phi) is 4.79. The molecule has 3 amide bonds. The van der Waals surface area contributed by atoms with Crippen LogP contribution in [0.4, 0.5) is 16.2 Å². The minimum atomic E-state index is -0.327. The average Bonchev–Trinajstić information content (AvgIpc) is 2.62. The van der Waals surface area contributed by atoms with E-state index in [1.807, 2.05) is 13.8 Å². The Morgan fingerprint density at radius 3 is 2.19 bits per heavy atom. The Balaban J connectivity index is 1.81. The molecule has 0 spiro atoms. The number of urea groups is 1. The van der Waals surface area contributed by atoms with Crippen LogP contribution in [0.1, 0.15) is 21.7 Å². The quantitative estimate of drug-likeness (QED) is 0.676. The van der Waals surface area contributed by atoms with Crippen molar-refractivity contribution in [3.8, 4) is 0 Å². The van der Waals surface area contributed by atoms with E-state index in [0.29, 0.717) is 22.5 Å². The molecule has 7 heteroatoms. The first-order valence-electron chi connectivity index (χ1n) is 8.11. The summed E-state index contributed by atoms with van der Waals surface area (Å²) in [5.74, 6) is -0.260. The Hall–Kier alpha value is -3.48. The number of fused-ring (bicyclic) bond motifs is 1. The van der Waals surface area contributed by atoms with E-state index in [9.17, 15) is 9.59 Å². The second-order valence-corrected chi connectivity index (χ2v) is 5.84. The van der Waals surface area contributed by atoms with Crippen LogP contribution in [0.25, 0.3) is 11.0 Å². The molecule has 0 unspecified atom stereocenters. The van der Waals surface area contributed by atoms with E-state index in [4.69, 9.17) is 0 Å². The number of hydrogen-bond donors (Lipinski definition) is 3. The lowest BCUT2D eigenvalue weighted by molar-refractivity contribution is 0.102. The number of nitrogens with zero attached hydrogens (tertiary/aromatic N) is 2. The number of amides is 3. The molecule has 0 bridgehead atoms. The third kappa shape index (κ3) is 3.77. The van der Waals surface area contributed by atoms with Gasteiger partial charge in [-0.3, -0.25) is 4.79 Å². The minimum absolute atomic E-state index is 0.260. The highest BCUT2D eigenvalue weighted by molar-refractivity contribution is 6.06. The van der Waals surface area contributed by atoms with Gasteiger partial charge in [-0.1, -0.05) is 6.07 Å². The highest BCUT2D eigenvalue weighted by Crippen LogP contribution is 2.18. The molecular formula is C19H19N5O2. The van der Waals surface area contributed by atoms with Crippen molar-refractivity contribution < 1.29 is 9.59 Å². The number of anilines is 2. The summed E-state index contributed by atoms with van der Waals surface area (Å²) < 4.78 is 0. The molecular weight excluding hydrogens is 330 g/mol. The zero-order valence-corrected chi connectivity index (χ0v) is 14.8. The van der Waals surface area contributed by atoms with Crippen LogP contribution in [0, 0.1) is 13.8 Å². The number of hydrogen-bond acceptors (Lipinski definition) is 4. The Morgan fingerprint density at radius 1 is 0.846 bits per heavy atom. The molecule has 2 aromatic carbocycles. The van der Waals surface area contributed by atoms with Gasteiger partial charge in [0, 0.05) is 24.0 Å². The summed E-state index contributed by atoms with van der Waals surface area (Å²) in [4.78, 5) is 32.9. The van der Waals surface area contributed by atoms with Gasteiger partial charge in [0.05, 0.1) is 22.4 Å². The average molecular weight is 349 g/mol. The van der Waals surface area contributed by atoms with E-state index in [2.05, 4.69) is 25.9 Å². The lowest BCUT2D eigenvalue weighted by atomic mass is 10.1. The predicted molar refractivity (Wildman–Crippen MR) is 101 cm³/mol. The van der Waals surface area contributed by atoms with Gasteiger partial charge in [-0.25, -0.2) is 14.8 Å². The van der Waals surface area contributed by atoms with Crippen LogP contribution in [0.15, 0.2) is 42.5 Å². The second-order valence-electron chi connectivity index (χ2n) is 5.84. The molecule has 1 aromatic heterocycles. The number of aromatic nitrogens is 2. The Labute approximate surface area is 150 Å². The van der Waals surface area contributed by atoms with Crippen molar-refractivity contribution in [1.29, 1.82) is 0 Å². The molecule has 7 nitrogen and oxygen atoms in total. The highest BCUT2D eigenvalue weighted by Gasteiger charge is 2.10. The van der Waals surface area contributed by atoms with Gasteiger partial charge in [0.1, 0.15) is 0 Å². The van der Waals surface area contributed by atoms with E-state index in [0.717, 1.165) is 16.9 Å². The van der Waals surface area contributed by atoms with Crippen molar-refractivity contribution in [2.45, 2.75) is 13.8 Å². The third-order valence-electron chi connectivity index (χ3n) is 3.94. The van der Waals surface area contributed by atoms with E-state index >= 15 is 0 Å². The molecule has 3 rings (SSSR count). The molecule has 0 fully saturated rings. The maximum Gasteiger partial charge on any atom is 0.318 e. The normalized spacial score (nSPS) is 10.4. The topological polar surface area (TPSA) is 96.0 Å². The van der Waals surface area contributed by atoms with Crippen molar-refractivity contribution in [2.24, 2.45) is 0 Å². The molecule has 0 aliphatic carbocycles. The summed E-state index contributed by atoms with van der Waals surface area (Å²) in [5.41, 5.74) is 4.78. The summed E-state index contributed by atoms with van der Waals surface area (Å²) in [6, 6.07) is 11.8. The van der Waals surface area contributed by atoms with Gasteiger partial charge < -0.3 is 16.0 Å². The maximum atomic E-state index is 12.5. The molecule has 0 radical (unpaired) electrons. The van der Waals surface area contributed by atoms with E-state index < -0.39 is 0 Å². The first-order valence-corrected chi connectivity index (χ1v) is 8.11. The summed E-state index contributed by atoms with van der Waals surface area (Å²) in [6.07, 6.45) is 0. The third-order valence-corrected chi connectivity index (χ3v) is 3.94. The molecule has 0 aliphatic heterocycles. The molecule has 0 atom stereocenters. The highest BCUT2D eigenvalue weighted by atomic mass is 16.2. The van der Waals surface area contributed by atoms with Gasteiger partial charge >= 0.3 is 6.03 Å². The van der Waals surface area contributed by atoms with Crippen molar-refractivity contribution in [2.75, 3.05) is 17.7 Å². The van der Waals surface area contributed by atoms with Gasteiger partial charge in [0.2, 0.25) is 0 Å². The lowest BCUT2D eigenvalue weighted by Crippen LogP contribution is -2.24. The largest absolute Gasteiger partial charge is 0.341 e. The first kappa shape index (κ1) is 17.3. The lowest BCUT2D eigenvalue weighted by Gasteiger charge is -2.09. The maximum absolute atomic E-state index is 12.5. The van der Waals surface area contributed by atoms with Crippen LogP contribution in [-0.2, 0) is 0 Å². The molecule has 3 N–H and O–H groups in total. The fourth-order valence-corrected chi connectivity index (χ4v) is 2.44. The molecule has 0 saturated heterocycles. The van der Waals surface area contributed by atoms with Gasteiger partial charge in [-0.2, -0.15) is 0 Å². The van der Waals surface area contributed by atoms with Crippen LogP contribution >= 0.6 is 0 Å². The Morgan fingerprint density at radius 2 is 1.50 bits per heavy atom. The number of rotatable bonds is 3. The SMILES string of the molecule is CNC(=O)Nc1cccc(NC(=O)c2ccc3nc(C)c(C)nc3c2)c1. The van der Waals surface area contributed by atoms with Crippen LogP contribution in [0.5, 0.6) is 0 Å².